The van der Waals surface area contributed by atoms with Gasteiger partial charge in [-0.1, -0.05) is 7.43 Å². The minimum atomic E-state index is -1.65. The van der Waals surface area contributed by atoms with Crippen LogP contribution >= 0.6 is 0 Å². The highest BCUT2D eigenvalue weighted by atomic mass is 19.2. The second-order valence-electron chi connectivity index (χ2n) is 2.57. The van der Waals surface area contributed by atoms with E-state index in [0.717, 1.165) is 0 Å². The lowest BCUT2D eigenvalue weighted by Gasteiger charge is -1.92. The molecule has 2 aromatic rings. The topological polar surface area (TPSA) is 15.8 Å². The van der Waals surface area contributed by atoms with Gasteiger partial charge < -0.3 is 4.98 Å². The van der Waals surface area contributed by atoms with E-state index < -0.39 is 23.3 Å². The smallest absolute Gasteiger partial charge is 0.194 e. The van der Waals surface area contributed by atoms with Crippen LogP contribution in [0.4, 0.5) is 17.6 Å². The maximum absolute atomic E-state index is 12.0. The Morgan fingerprint density at radius 1 is 0.812 bits per heavy atom. The maximum Gasteiger partial charge on any atom is 0.194 e. The van der Waals surface area contributed by atoms with Gasteiger partial charge in [0.15, 0.2) is 17.5 Å². The lowest BCUT2D eigenvalue weighted by Crippen LogP contribution is -1.91. The molecule has 0 fully saturated rings. The third-order valence-corrected chi connectivity index (χ3v) is 1.44. The van der Waals surface area contributed by atoms with Crippen LogP contribution in [0.1, 0.15) is 7.43 Å². The number of halogens is 4. The van der Waals surface area contributed by atoms with Crippen LogP contribution in [-0.4, -0.2) is 4.98 Å². The van der Waals surface area contributed by atoms with Gasteiger partial charge in [0.1, 0.15) is 5.82 Å². The largest absolute Gasteiger partial charge is 0.368 e. The standard InChI is InChI=1S/C6H2F4.C4H5N.CH4/c7-3-1-4(8)6(10)5(9)2-3;1-2-4-5-3-1;/h1-2H;1-5H;1H4. The van der Waals surface area contributed by atoms with E-state index in [1.807, 2.05) is 24.5 Å². The molecule has 5 heteroatoms. The fourth-order valence-corrected chi connectivity index (χ4v) is 0.802. The first kappa shape index (κ1) is 14.2. The minimum Gasteiger partial charge on any atom is -0.368 e. The van der Waals surface area contributed by atoms with Gasteiger partial charge >= 0.3 is 0 Å². The van der Waals surface area contributed by atoms with E-state index in [0.29, 0.717) is 0 Å². The van der Waals surface area contributed by atoms with Gasteiger partial charge in [-0.3, -0.25) is 0 Å². The average molecular weight is 233 g/mol. The monoisotopic (exact) mass is 233 g/mol. The predicted octanol–water partition coefficient (Wildman–Crippen LogP) is 3.89. The molecule has 0 bridgehead atoms. The number of rotatable bonds is 0. The van der Waals surface area contributed by atoms with Crippen molar-refractivity contribution >= 4 is 0 Å². The fraction of sp³-hybridized carbons (Fsp3) is 0.0909. The molecule has 1 aromatic heterocycles. The molecule has 1 heterocycles. The fourth-order valence-electron chi connectivity index (χ4n) is 0.802. The highest BCUT2D eigenvalue weighted by molar-refractivity contribution is 5.10. The molecule has 16 heavy (non-hydrogen) atoms. The SMILES string of the molecule is C.Fc1cc(F)c(F)c(F)c1.c1cc[nH]c1. The molecule has 1 aromatic carbocycles. The van der Waals surface area contributed by atoms with Gasteiger partial charge in [-0.05, 0) is 12.1 Å². The van der Waals surface area contributed by atoms with E-state index in [2.05, 4.69) is 4.98 Å². The Labute approximate surface area is 90.7 Å². The summed E-state index contributed by atoms with van der Waals surface area (Å²) in [5, 5.41) is 0. The van der Waals surface area contributed by atoms with E-state index in [1.165, 1.54) is 0 Å². The molecule has 0 saturated carbocycles. The first-order chi connectivity index (χ1) is 7.11. The maximum atomic E-state index is 12.0. The molecule has 0 saturated heterocycles. The van der Waals surface area contributed by atoms with Crippen LogP contribution in [0.3, 0.4) is 0 Å². The first-order valence-corrected chi connectivity index (χ1v) is 3.99. The Morgan fingerprint density at radius 3 is 1.56 bits per heavy atom. The number of hydrogen-bond acceptors (Lipinski definition) is 0. The zero-order valence-electron chi connectivity index (χ0n) is 7.48. The Balaban J connectivity index is 0.000000318. The van der Waals surface area contributed by atoms with Crippen molar-refractivity contribution < 1.29 is 17.6 Å². The quantitative estimate of drug-likeness (QED) is 0.403. The van der Waals surface area contributed by atoms with E-state index in [9.17, 15) is 17.6 Å². The second-order valence-corrected chi connectivity index (χ2v) is 2.57. The van der Waals surface area contributed by atoms with Crippen molar-refractivity contribution in [1.29, 1.82) is 0 Å². The molecular weight excluding hydrogens is 222 g/mol. The van der Waals surface area contributed by atoms with Crippen LogP contribution in [0.2, 0.25) is 0 Å². The summed E-state index contributed by atoms with van der Waals surface area (Å²) in [6.07, 6.45) is 3.75. The molecule has 0 amide bonds. The highest BCUT2D eigenvalue weighted by Crippen LogP contribution is 2.11. The van der Waals surface area contributed by atoms with Crippen LogP contribution in [0.15, 0.2) is 36.7 Å². The van der Waals surface area contributed by atoms with Crippen molar-refractivity contribution in [3.05, 3.63) is 59.9 Å². The van der Waals surface area contributed by atoms with E-state index in [1.54, 1.807) is 0 Å². The first-order valence-electron chi connectivity index (χ1n) is 3.99. The molecule has 1 N–H and O–H groups in total. The van der Waals surface area contributed by atoms with Gasteiger partial charge in [0, 0.05) is 24.5 Å². The van der Waals surface area contributed by atoms with Crippen molar-refractivity contribution in [2.75, 3.05) is 0 Å². The molecule has 0 unspecified atom stereocenters. The van der Waals surface area contributed by atoms with E-state index in [-0.39, 0.29) is 19.6 Å². The summed E-state index contributed by atoms with van der Waals surface area (Å²) in [5.41, 5.74) is 0. The van der Waals surface area contributed by atoms with E-state index in [4.69, 9.17) is 0 Å². The van der Waals surface area contributed by atoms with Crippen molar-refractivity contribution in [3.63, 3.8) is 0 Å². The van der Waals surface area contributed by atoms with Crippen molar-refractivity contribution in [2.24, 2.45) is 0 Å². The van der Waals surface area contributed by atoms with Gasteiger partial charge in [-0.25, -0.2) is 17.6 Å². The van der Waals surface area contributed by atoms with Crippen LogP contribution in [0, 0.1) is 23.3 Å². The lowest BCUT2D eigenvalue weighted by atomic mass is 10.3. The molecular formula is C11H11F4N. The zero-order valence-corrected chi connectivity index (χ0v) is 7.48. The molecule has 0 spiro atoms. The molecule has 1 nitrogen and oxygen atoms in total. The predicted molar refractivity (Wildman–Crippen MR) is 53.8 cm³/mol. The summed E-state index contributed by atoms with van der Waals surface area (Å²) in [4.78, 5) is 2.86. The van der Waals surface area contributed by atoms with Crippen molar-refractivity contribution in [1.82, 2.24) is 4.98 Å². The number of nitrogens with one attached hydrogen (secondary N) is 1. The Hall–Kier alpha value is -1.78. The third-order valence-electron chi connectivity index (χ3n) is 1.44. The number of benzene rings is 1. The third kappa shape index (κ3) is 4.16. The lowest BCUT2D eigenvalue weighted by molar-refractivity contribution is 0.434. The van der Waals surface area contributed by atoms with Crippen LogP contribution in [-0.2, 0) is 0 Å². The van der Waals surface area contributed by atoms with Crippen LogP contribution in [0.25, 0.3) is 0 Å². The van der Waals surface area contributed by atoms with Gasteiger partial charge in [-0.15, -0.1) is 0 Å². The average Bonchev–Trinajstić information content (AvgIpc) is 2.71. The summed E-state index contributed by atoms with van der Waals surface area (Å²) in [6.45, 7) is 0. The number of aromatic nitrogens is 1. The van der Waals surface area contributed by atoms with Crippen LogP contribution < -0.4 is 0 Å². The Bertz CT molecular complexity index is 372. The summed E-state index contributed by atoms with van der Waals surface area (Å²) < 4.78 is 47.9. The van der Waals surface area contributed by atoms with Crippen molar-refractivity contribution in [3.8, 4) is 0 Å². The molecule has 0 atom stereocenters. The van der Waals surface area contributed by atoms with Crippen molar-refractivity contribution in [2.45, 2.75) is 7.43 Å². The Kier molecular flexibility index (Phi) is 5.92. The summed E-state index contributed by atoms with van der Waals surface area (Å²) >= 11 is 0. The summed E-state index contributed by atoms with van der Waals surface area (Å²) in [6, 6.07) is 4.44. The Morgan fingerprint density at radius 2 is 1.25 bits per heavy atom. The number of aromatic amines is 1. The summed E-state index contributed by atoms with van der Waals surface area (Å²) in [5.74, 6) is -5.81. The van der Waals surface area contributed by atoms with Gasteiger partial charge in [0.05, 0.1) is 0 Å². The molecule has 88 valence electrons. The number of hydrogen-bond donors (Lipinski definition) is 1. The van der Waals surface area contributed by atoms with Gasteiger partial charge in [0.25, 0.3) is 0 Å². The molecule has 0 radical (unpaired) electrons. The van der Waals surface area contributed by atoms with E-state index >= 15 is 0 Å². The molecule has 0 aliphatic carbocycles. The normalized spacial score (nSPS) is 8.75. The van der Waals surface area contributed by atoms with Gasteiger partial charge in [0.2, 0.25) is 0 Å². The van der Waals surface area contributed by atoms with Crippen LogP contribution in [0.5, 0.6) is 0 Å². The highest BCUT2D eigenvalue weighted by Gasteiger charge is 2.09. The van der Waals surface area contributed by atoms with Gasteiger partial charge in [-0.2, -0.15) is 0 Å². The minimum absolute atomic E-state index is 0. The second kappa shape index (κ2) is 6.66. The molecule has 0 aliphatic rings. The molecule has 2 rings (SSSR count). The number of H-pyrrole nitrogens is 1. The molecule has 0 aliphatic heterocycles. The zero-order chi connectivity index (χ0) is 11.3. The summed E-state index contributed by atoms with van der Waals surface area (Å²) in [7, 11) is 0.